The molecule has 112 valence electrons. The maximum atomic E-state index is 12.5. The second kappa shape index (κ2) is 5.41. The lowest BCUT2D eigenvalue weighted by atomic mass is 9.89. The fraction of sp³-hybridized carbons (Fsp3) is 0.462. The molecule has 1 aromatic carbocycles. The molecule has 0 saturated carbocycles. The van der Waals surface area contributed by atoms with E-state index < -0.39 is 27.4 Å². The van der Waals surface area contributed by atoms with Crippen LogP contribution in [0.3, 0.4) is 0 Å². The number of hydrogen-bond donors (Lipinski definition) is 2. The molecule has 6 nitrogen and oxygen atoms in total. The van der Waals surface area contributed by atoms with Crippen LogP contribution in [0, 0.1) is 5.92 Å². The Kier molecular flexibility index (Phi) is 4.45. The van der Waals surface area contributed by atoms with E-state index in [1.807, 2.05) is 0 Å². The first-order valence-corrected chi connectivity index (χ1v) is 7.50. The van der Waals surface area contributed by atoms with Crippen molar-refractivity contribution in [2.75, 3.05) is 7.05 Å². The zero-order valence-electron chi connectivity index (χ0n) is 11.9. The average Bonchev–Trinajstić information content (AvgIpc) is 2.36. The lowest BCUT2D eigenvalue weighted by Crippen LogP contribution is -2.56. The molecule has 7 heteroatoms. The topological polar surface area (TPSA) is 94.9 Å². The molecule has 0 bridgehead atoms. The van der Waals surface area contributed by atoms with Crippen molar-refractivity contribution < 1.29 is 23.4 Å². The van der Waals surface area contributed by atoms with Crippen molar-refractivity contribution in [2.45, 2.75) is 31.2 Å². The van der Waals surface area contributed by atoms with Crippen molar-refractivity contribution in [3.63, 3.8) is 0 Å². The summed E-state index contributed by atoms with van der Waals surface area (Å²) < 4.78 is 25.8. The third kappa shape index (κ3) is 2.64. The van der Waals surface area contributed by atoms with E-state index in [1.54, 1.807) is 13.8 Å². The van der Waals surface area contributed by atoms with Crippen molar-refractivity contribution in [3.8, 4) is 5.75 Å². The van der Waals surface area contributed by atoms with Crippen LogP contribution < -0.4 is 0 Å². The van der Waals surface area contributed by atoms with Crippen LogP contribution in [-0.2, 0) is 14.8 Å². The fourth-order valence-electron chi connectivity index (χ4n) is 1.77. The van der Waals surface area contributed by atoms with Gasteiger partial charge in [-0.2, -0.15) is 4.31 Å². The van der Waals surface area contributed by atoms with Crippen molar-refractivity contribution in [2.24, 2.45) is 5.92 Å². The van der Waals surface area contributed by atoms with Crippen molar-refractivity contribution in [1.82, 2.24) is 4.31 Å². The Bertz CT molecular complexity index is 594. The number of benzene rings is 1. The Hall–Kier alpha value is -1.60. The monoisotopic (exact) mass is 301 g/mol. The minimum atomic E-state index is -3.96. The quantitative estimate of drug-likeness (QED) is 0.859. The van der Waals surface area contributed by atoms with Crippen LogP contribution in [0.2, 0.25) is 0 Å². The van der Waals surface area contributed by atoms with E-state index in [9.17, 15) is 23.4 Å². The van der Waals surface area contributed by atoms with Crippen LogP contribution in [0.5, 0.6) is 5.75 Å². The zero-order chi connectivity index (χ0) is 15.7. The summed E-state index contributed by atoms with van der Waals surface area (Å²) >= 11 is 0. The third-order valence-electron chi connectivity index (χ3n) is 3.71. The Morgan fingerprint density at radius 2 is 1.70 bits per heavy atom. The first-order valence-electron chi connectivity index (χ1n) is 6.06. The van der Waals surface area contributed by atoms with Gasteiger partial charge in [-0.05, 0) is 37.1 Å². The molecule has 0 saturated heterocycles. The fourth-order valence-corrected chi connectivity index (χ4v) is 3.36. The Labute approximate surface area is 118 Å². The summed E-state index contributed by atoms with van der Waals surface area (Å²) in [5.74, 6) is -1.69. The largest absolute Gasteiger partial charge is 0.508 e. The molecule has 1 atom stereocenters. The molecule has 1 unspecified atom stereocenters. The van der Waals surface area contributed by atoms with Crippen molar-refractivity contribution >= 4 is 16.0 Å². The van der Waals surface area contributed by atoms with Crippen LogP contribution in [0.4, 0.5) is 0 Å². The second-order valence-corrected chi connectivity index (χ2v) is 7.04. The van der Waals surface area contributed by atoms with Crippen LogP contribution >= 0.6 is 0 Å². The van der Waals surface area contributed by atoms with Gasteiger partial charge in [0.15, 0.2) is 0 Å². The highest BCUT2D eigenvalue weighted by Crippen LogP contribution is 2.30. The predicted octanol–water partition coefficient (Wildman–Crippen LogP) is 1.51. The number of nitrogens with zero attached hydrogens (tertiary/aromatic N) is 1. The molecule has 0 aliphatic rings. The van der Waals surface area contributed by atoms with E-state index in [4.69, 9.17) is 0 Å². The molecule has 1 aromatic rings. The molecule has 0 spiro atoms. The van der Waals surface area contributed by atoms with Gasteiger partial charge in [0.05, 0.1) is 4.90 Å². The minimum absolute atomic E-state index is 0.0588. The molecule has 0 fully saturated rings. The number of phenols is 1. The van der Waals surface area contributed by atoms with E-state index in [2.05, 4.69) is 0 Å². The molecular weight excluding hydrogens is 282 g/mol. The highest BCUT2D eigenvalue weighted by atomic mass is 32.2. The van der Waals surface area contributed by atoms with Gasteiger partial charge in [0.2, 0.25) is 10.0 Å². The summed E-state index contributed by atoms with van der Waals surface area (Å²) in [4.78, 5) is 11.4. The molecule has 20 heavy (non-hydrogen) atoms. The van der Waals surface area contributed by atoms with Gasteiger partial charge in [-0.15, -0.1) is 0 Å². The number of rotatable bonds is 5. The first kappa shape index (κ1) is 16.5. The van der Waals surface area contributed by atoms with Crippen LogP contribution in [0.25, 0.3) is 0 Å². The van der Waals surface area contributed by atoms with Gasteiger partial charge >= 0.3 is 5.97 Å². The normalized spacial score (nSPS) is 15.3. The number of likely N-dealkylation sites (N-methyl/N-ethyl adjacent to an activating group) is 1. The molecule has 0 heterocycles. The summed E-state index contributed by atoms with van der Waals surface area (Å²) in [5.41, 5.74) is -1.56. The van der Waals surface area contributed by atoms with Gasteiger partial charge in [-0.1, -0.05) is 13.8 Å². The number of hydrogen-bond acceptors (Lipinski definition) is 4. The molecule has 0 amide bonds. The molecule has 0 radical (unpaired) electrons. The predicted molar refractivity (Wildman–Crippen MR) is 73.9 cm³/mol. The number of aliphatic carboxylic acids is 1. The second-order valence-electron chi connectivity index (χ2n) is 5.07. The van der Waals surface area contributed by atoms with Crippen LogP contribution in [0.15, 0.2) is 29.2 Å². The number of aromatic hydroxyl groups is 1. The first-order chi connectivity index (χ1) is 9.04. The van der Waals surface area contributed by atoms with E-state index in [0.717, 1.165) is 4.31 Å². The standard InChI is InChI=1S/C13H19NO5S/c1-9(2)13(3,12(16)17)14(4)20(18,19)11-7-5-10(15)6-8-11/h5-9,15H,1-4H3,(H,16,17). The maximum absolute atomic E-state index is 12.5. The maximum Gasteiger partial charge on any atom is 0.325 e. The molecule has 2 N–H and O–H groups in total. The van der Waals surface area contributed by atoms with Crippen LogP contribution in [-0.4, -0.2) is 41.5 Å². The van der Waals surface area contributed by atoms with Crippen LogP contribution in [0.1, 0.15) is 20.8 Å². The Morgan fingerprint density at radius 1 is 1.25 bits per heavy atom. The lowest BCUT2D eigenvalue weighted by Gasteiger charge is -2.37. The molecule has 1 rings (SSSR count). The Balaban J connectivity index is 3.34. The molecule has 0 aliphatic carbocycles. The number of carbonyl (C=O) groups is 1. The van der Waals surface area contributed by atoms with Gasteiger partial charge in [0.25, 0.3) is 0 Å². The summed E-state index contributed by atoms with van der Waals surface area (Å²) in [6.45, 7) is 4.67. The highest BCUT2D eigenvalue weighted by Gasteiger charge is 2.46. The number of sulfonamides is 1. The summed E-state index contributed by atoms with van der Waals surface area (Å²) in [5, 5.41) is 18.6. The summed E-state index contributed by atoms with van der Waals surface area (Å²) in [7, 11) is -2.72. The highest BCUT2D eigenvalue weighted by molar-refractivity contribution is 7.89. The third-order valence-corrected chi connectivity index (χ3v) is 5.67. The average molecular weight is 301 g/mol. The van der Waals surface area contributed by atoms with E-state index in [0.29, 0.717) is 0 Å². The van der Waals surface area contributed by atoms with Gasteiger partial charge in [-0.3, -0.25) is 4.79 Å². The summed E-state index contributed by atoms with van der Waals surface area (Å²) in [6.07, 6.45) is 0. The SMILES string of the molecule is CC(C)C(C)(C(=O)O)N(C)S(=O)(=O)c1ccc(O)cc1. The smallest absolute Gasteiger partial charge is 0.325 e. The number of carboxylic acid groups (broad SMARTS) is 1. The Morgan fingerprint density at radius 3 is 2.05 bits per heavy atom. The van der Waals surface area contributed by atoms with E-state index >= 15 is 0 Å². The zero-order valence-corrected chi connectivity index (χ0v) is 12.7. The van der Waals surface area contributed by atoms with E-state index in [-0.39, 0.29) is 10.6 Å². The number of phenolic OH excluding ortho intramolecular Hbond substituents is 1. The minimum Gasteiger partial charge on any atom is -0.508 e. The van der Waals surface area contributed by atoms with E-state index in [1.165, 1.54) is 38.2 Å². The van der Waals surface area contributed by atoms with Gasteiger partial charge in [0.1, 0.15) is 11.3 Å². The van der Waals surface area contributed by atoms with Gasteiger partial charge in [0, 0.05) is 7.05 Å². The van der Waals surface area contributed by atoms with Crippen molar-refractivity contribution in [1.29, 1.82) is 0 Å². The lowest BCUT2D eigenvalue weighted by molar-refractivity contribution is -0.149. The number of carboxylic acids is 1. The summed E-state index contributed by atoms with van der Waals surface area (Å²) in [6, 6.07) is 4.97. The van der Waals surface area contributed by atoms with Gasteiger partial charge in [-0.25, -0.2) is 8.42 Å². The molecule has 0 aliphatic heterocycles. The molecular formula is C13H19NO5S. The van der Waals surface area contributed by atoms with Gasteiger partial charge < -0.3 is 10.2 Å². The molecule has 0 aromatic heterocycles. The van der Waals surface area contributed by atoms with Crippen molar-refractivity contribution in [3.05, 3.63) is 24.3 Å².